The fourth-order valence-electron chi connectivity index (χ4n) is 3.35. The van der Waals surface area contributed by atoms with Gasteiger partial charge in [-0.05, 0) is 43.9 Å². The van der Waals surface area contributed by atoms with E-state index in [0.717, 1.165) is 12.8 Å². The van der Waals surface area contributed by atoms with E-state index < -0.39 is 0 Å². The second kappa shape index (κ2) is 3.21. The molecular formula is C12H22O2. The van der Waals surface area contributed by atoms with Gasteiger partial charge in [0.05, 0.1) is 11.7 Å². The first-order valence-electron chi connectivity index (χ1n) is 5.79. The van der Waals surface area contributed by atoms with Gasteiger partial charge in [0.25, 0.3) is 0 Å². The van der Waals surface area contributed by atoms with E-state index in [9.17, 15) is 0 Å². The molecule has 2 heteroatoms. The van der Waals surface area contributed by atoms with Crippen LogP contribution in [-0.2, 0) is 4.74 Å². The van der Waals surface area contributed by atoms with Gasteiger partial charge in [-0.15, -0.1) is 0 Å². The Hall–Kier alpha value is -0.0800. The predicted molar refractivity (Wildman–Crippen MR) is 56.1 cm³/mol. The number of ether oxygens (including phenoxy) is 1. The minimum absolute atomic E-state index is 0.136. The third kappa shape index (κ3) is 1.49. The summed E-state index contributed by atoms with van der Waals surface area (Å²) in [4.78, 5) is 0. The summed E-state index contributed by atoms with van der Waals surface area (Å²) in [5.41, 5.74) is 0.522. The number of epoxide rings is 1. The first kappa shape index (κ1) is 10.4. The van der Waals surface area contributed by atoms with Crippen molar-refractivity contribution in [3.05, 3.63) is 0 Å². The Morgan fingerprint density at radius 3 is 2.71 bits per heavy atom. The number of fused-ring (bicyclic) bond motifs is 1. The highest BCUT2D eigenvalue weighted by atomic mass is 16.6. The minimum Gasteiger partial charge on any atom is -0.396 e. The largest absolute Gasteiger partial charge is 0.396 e. The summed E-state index contributed by atoms with van der Waals surface area (Å²) in [6.45, 7) is 7.25. The van der Waals surface area contributed by atoms with Gasteiger partial charge >= 0.3 is 0 Å². The van der Waals surface area contributed by atoms with E-state index in [1.165, 1.54) is 12.8 Å². The maximum absolute atomic E-state index is 8.91. The van der Waals surface area contributed by atoms with Crippen molar-refractivity contribution in [2.45, 2.75) is 58.2 Å². The van der Waals surface area contributed by atoms with Crippen LogP contribution in [0.3, 0.4) is 0 Å². The first-order chi connectivity index (χ1) is 6.50. The molecule has 2 nitrogen and oxygen atoms in total. The molecule has 0 aromatic heterocycles. The third-order valence-corrected chi connectivity index (χ3v) is 4.32. The van der Waals surface area contributed by atoms with Gasteiger partial charge in [0.2, 0.25) is 0 Å². The van der Waals surface area contributed by atoms with Crippen molar-refractivity contribution in [2.24, 2.45) is 11.3 Å². The summed E-state index contributed by atoms with van der Waals surface area (Å²) in [5.74, 6) is 0.626. The molecule has 0 aromatic rings. The monoisotopic (exact) mass is 198 g/mol. The average molecular weight is 198 g/mol. The summed E-state index contributed by atoms with van der Waals surface area (Å²) < 4.78 is 5.83. The molecule has 82 valence electrons. The summed E-state index contributed by atoms with van der Waals surface area (Å²) >= 11 is 0. The lowest BCUT2D eigenvalue weighted by Gasteiger charge is -2.40. The van der Waals surface area contributed by atoms with Crippen LogP contribution in [0.1, 0.15) is 46.5 Å². The van der Waals surface area contributed by atoms with Crippen LogP contribution in [-0.4, -0.2) is 23.4 Å². The van der Waals surface area contributed by atoms with Gasteiger partial charge in [-0.25, -0.2) is 0 Å². The van der Waals surface area contributed by atoms with Gasteiger partial charge in [0, 0.05) is 6.61 Å². The highest BCUT2D eigenvalue weighted by Crippen LogP contribution is 2.59. The number of rotatable bonds is 3. The molecule has 0 radical (unpaired) electrons. The quantitative estimate of drug-likeness (QED) is 0.706. The Morgan fingerprint density at radius 1 is 1.36 bits per heavy atom. The van der Waals surface area contributed by atoms with Crippen LogP contribution in [0.5, 0.6) is 0 Å². The SMILES string of the molecule is CC1(C)CC[C@@H]2O[C@]2(C)C1CCCO. The molecule has 1 aliphatic heterocycles. The molecular weight excluding hydrogens is 176 g/mol. The summed E-state index contributed by atoms with van der Waals surface area (Å²) in [7, 11) is 0. The molecule has 14 heavy (non-hydrogen) atoms. The molecule has 1 unspecified atom stereocenters. The van der Waals surface area contributed by atoms with Crippen molar-refractivity contribution in [1.29, 1.82) is 0 Å². The molecule has 2 aliphatic rings. The Bertz CT molecular complexity index is 220. The predicted octanol–water partition coefficient (Wildman–Crippen LogP) is 2.35. The van der Waals surface area contributed by atoms with Gasteiger partial charge in [0.1, 0.15) is 0 Å². The van der Waals surface area contributed by atoms with E-state index in [2.05, 4.69) is 20.8 Å². The zero-order valence-electron chi connectivity index (χ0n) is 9.55. The number of hydrogen-bond donors (Lipinski definition) is 1. The lowest BCUT2D eigenvalue weighted by atomic mass is 9.62. The molecule has 0 amide bonds. The lowest BCUT2D eigenvalue weighted by Crippen LogP contribution is -2.40. The summed E-state index contributed by atoms with van der Waals surface area (Å²) in [6.07, 6.45) is 5.03. The zero-order valence-corrected chi connectivity index (χ0v) is 9.55. The molecule has 0 spiro atoms. The van der Waals surface area contributed by atoms with E-state index in [1.54, 1.807) is 0 Å². The standard InChI is InChI=1S/C12H22O2/c1-11(2)7-6-10-12(3,14-10)9(11)5-4-8-13/h9-10,13H,4-8H2,1-3H3/t9?,10-,12+/m0/s1. The van der Waals surface area contributed by atoms with Crippen molar-refractivity contribution in [3.63, 3.8) is 0 Å². The van der Waals surface area contributed by atoms with Gasteiger partial charge < -0.3 is 9.84 Å². The van der Waals surface area contributed by atoms with Crippen molar-refractivity contribution in [1.82, 2.24) is 0 Å². The topological polar surface area (TPSA) is 32.8 Å². The second-order valence-corrected chi connectivity index (χ2v) is 5.74. The van der Waals surface area contributed by atoms with Crippen molar-refractivity contribution in [2.75, 3.05) is 6.61 Å². The van der Waals surface area contributed by atoms with Crippen molar-refractivity contribution < 1.29 is 9.84 Å². The maximum atomic E-state index is 8.91. The van der Waals surface area contributed by atoms with Gasteiger partial charge in [0.15, 0.2) is 0 Å². The molecule has 3 atom stereocenters. The molecule has 1 heterocycles. The van der Waals surface area contributed by atoms with E-state index in [0.29, 0.717) is 24.0 Å². The second-order valence-electron chi connectivity index (χ2n) is 5.74. The van der Waals surface area contributed by atoms with Crippen LogP contribution >= 0.6 is 0 Å². The molecule has 1 N–H and O–H groups in total. The number of aliphatic hydroxyl groups excluding tert-OH is 1. The van der Waals surface area contributed by atoms with Crippen LogP contribution in [0.4, 0.5) is 0 Å². The van der Waals surface area contributed by atoms with Crippen LogP contribution in [0.25, 0.3) is 0 Å². The highest BCUT2D eigenvalue weighted by Gasteiger charge is 2.63. The Morgan fingerprint density at radius 2 is 2.07 bits per heavy atom. The van der Waals surface area contributed by atoms with E-state index in [4.69, 9.17) is 9.84 Å². The Labute approximate surface area is 86.6 Å². The van der Waals surface area contributed by atoms with E-state index in [-0.39, 0.29) is 5.60 Å². The molecule has 2 rings (SSSR count). The smallest absolute Gasteiger partial charge is 0.0953 e. The summed E-state index contributed by atoms with van der Waals surface area (Å²) in [6, 6.07) is 0. The fourth-order valence-corrected chi connectivity index (χ4v) is 3.35. The van der Waals surface area contributed by atoms with Gasteiger partial charge in [-0.3, -0.25) is 0 Å². The van der Waals surface area contributed by atoms with Crippen LogP contribution in [0.2, 0.25) is 0 Å². The van der Waals surface area contributed by atoms with Crippen LogP contribution < -0.4 is 0 Å². The van der Waals surface area contributed by atoms with Crippen molar-refractivity contribution in [3.8, 4) is 0 Å². The zero-order chi connectivity index (χ0) is 10.4. The Balaban J connectivity index is 2.07. The molecule has 1 aliphatic carbocycles. The van der Waals surface area contributed by atoms with E-state index >= 15 is 0 Å². The number of aliphatic hydroxyl groups is 1. The normalized spacial score (nSPS) is 44.6. The highest BCUT2D eigenvalue weighted by molar-refractivity contribution is 5.11. The van der Waals surface area contributed by atoms with E-state index in [1.807, 2.05) is 0 Å². The van der Waals surface area contributed by atoms with Crippen LogP contribution in [0, 0.1) is 11.3 Å². The summed E-state index contributed by atoms with van der Waals surface area (Å²) in [5, 5.41) is 8.91. The average Bonchev–Trinajstić information content (AvgIpc) is 2.75. The first-order valence-corrected chi connectivity index (χ1v) is 5.79. The molecule has 1 saturated carbocycles. The molecule has 1 saturated heterocycles. The fraction of sp³-hybridized carbons (Fsp3) is 1.00. The molecule has 0 aromatic carbocycles. The molecule has 0 bridgehead atoms. The molecule has 2 fully saturated rings. The maximum Gasteiger partial charge on any atom is 0.0953 e. The Kier molecular flexibility index (Phi) is 2.39. The van der Waals surface area contributed by atoms with Crippen LogP contribution in [0.15, 0.2) is 0 Å². The third-order valence-electron chi connectivity index (χ3n) is 4.32. The van der Waals surface area contributed by atoms with Gasteiger partial charge in [-0.2, -0.15) is 0 Å². The van der Waals surface area contributed by atoms with Crippen molar-refractivity contribution >= 4 is 0 Å². The van der Waals surface area contributed by atoms with Gasteiger partial charge in [-0.1, -0.05) is 13.8 Å². The number of hydrogen-bond acceptors (Lipinski definition) is 2. The lowest BCUT2D eigenvalue weighted by molar-refractivity contribution is 0.0800. The minimum atomic E-state index is 0.136.